The molecule has 1 aliphatic heterocycles. The summed E-state index contributed by atoms with van der Waals surface area (Å²) in [6.45, 7) is 5.34. The molecule has 0 saturated carbocycles. The molecular formula is C28H30N10O4. The number of benzene rings is 1. The second-order valence-electron chi connectivity index (χ2n) is 10.3. The Morgan fingerprint density at radius 2 is 2.12 bits per heavy atom. The van der Waals surface area contributed by atoms with Crippen molar-refractivity contribution in [3.05, 3.63) is 59.7 Å². The maximum atomic E-state index is 13.0. The number of carbonyl (C=O) groups is 2. The molecule has 4 aromatic heterocycles. The van der Waals surface area contributed by atoms with Crippen LogP contribution in [0.3, 0.4) is 0 Å². The minimum absolute atomic E-state index is 0.0626. The van der Waals surface area contributed by atoms with E-state index in [1.165, 1.54) is 6.07 Å². The van der Waals surface area contributed by atoms with Gasteiger partial charge in [-0.2, -0.15) is 5.10 Å². The Hall–Kier alpha value is -5.24. The molecule has 0 bridgehead atoms. The third kappa shape index (κ3) is 5.51. The lowest BCUT2D eigenvalue weighted by Crippen LogP contribution is -2.33. The highest BCUT2D eigenvalue weighted by atomic mass is 16.5. The molecule has 0 aliphatic carbocycles. The SMILES string of the molecule is Cc1cnc(Nc2cc(C)n(C)n2)nc1-c1c[nH]c2c(NC(=O)CN3CCC(Oc4cc(C(N)=O)on4)C3)cccc12. The van der Waals surface area contributed by atoms with E-state index in [4.69, 9.17) is 20.0 Å². The average molecular weight is 571 g/mol. The second-order valence-corrected chi connectivity index (χ2v) is 10.3. The highest BCUT2D eigenvalue weighted by molar-refractivity contribution is 6.06. The second kappa shape index (κ2) is 11.0. The zero-order chi connectivity index (χ0) is 29.4. The number of fused-ring (bicyclic) bond motifs is 1. The molecule has 1 unspecified atom stereocenters. The Balaban J connectivity index is 1.13. The van der Waals surface area contributed by atoms with Crippen LogP contribution in [0, 0.1) is 13.8 Å². The van der Waals surface area contributed by atoms with Crippen LogP contribution in [0.5, 0.6) is 5.88 Å². The lowest BCUT2D eigenvalue weighted by atomic mass is 10.1. The number of anilines is 3. The van der Waals surface area contributed by atoms with Gasteiger partial charge in [-0.1, -0.05) is 12.1 Å². The van der Waals surface area contributed by atoms with E-state index in [-0.39, 0.29) is 30.2 Å². The molecule has 216 valence electrons. The Morgan fingerprint density at radius 3 is 2.88 bits per heavy atom. The number of amides is 2. The molecule has 14 heteroatoms. The summed E-state index contributed by atoms with van der Waals surface area (Å²) in [5, 5.41) is 15.3. The van der Waals surface area contributed by atoms with Crippen LogP contribution in [-0.2, 0) is 11.8 Å². The van der Waals surface area contributed by atoms with Gasteiger partial charge in [0.25, 0.3) is 11.8 Å². The minimum atomic E-state index is -0.712. The van der Waals surface area contributed by atoms with Crippen molar-refractivity contribution in [1.29, 1.82) is 0 Å². The predicted octanol–water partition coefficient (Wildman–Crippen LogP) is 2.90. The van der Waals surface area contributed by atoms with Gasteiger partial charge in [0.1, 0.15) is 6.10 Å². The largest absolute Gasteiger partial charge is 0.471 e. The summed E-state index contributed by atoms with van der Waals surface area (Å²) in [5.74, 6) is 0.385. The van der Waals surface area contributed by atoms with Crippen molar-refractivity contribution in [1.82, 2.24) is 34.8 Å². The van der Waals surface area contributed by atoms with Crippen LogP contribution in [0.2, 0.25) is 0 Å². The van der Waals surface area contributed by atoms with Gasteiger partial charge < -0.3 is 30.6 Å². The summed E-state index contributed by atoms with van der Waals surface area (Å²) in [6.07, 6.45) is 4.18. The standard InChI is InChI=1S/C28H30N10O4/c1-15-11-31-28(33-22-9-16(2)37(3)35-22)34-25(15)19-12-30-26-18(19)5-4-6-20(26)32-23(39)14-38-8-7-17(13-38)41-24-10-21(27(29)40)42-36-24/h4-6,9-12,17,30H,7-8,13-14H2,1-3H3,(H2,29,40)(H,32,39)(H,31,33,34,35). The highest BCUT2D eigenvalue weighted by Crippen LogP contribution is 2.33. The number of nitrogens with two attached hydrogens (primary N) is 1. The van der Waals surface area contributed by atoms with Crippen LogP contribution >= 0.6 is 0 Å². The van der Waals surface area contributed by atoms with Crippen LogP contribution in [0.15, 0.2) is 47.2 Å². The molecule has 5 heterocycles. The Morgan fingerprint density at radius 1 is 1.26 bits per heavy atom. The Kier molecular flexibility index (Phi) is 7.04. The third-order valence-electron chi connectivity index (χ3n) is 7.19. The maximum Gasteiger partial charge on any atom is 0.287 e. The number of hydrogen-bond donors (Lipinski definition) is 4. The first kappa shape index (κ1) is 27.0. The molecule has 1 saturated heterocycles. The lowest BCUT2D eigenvalue weighted by molar-refractivity contribution is -0.117. The summed E-state index contributed by atoms with van der Waals surface area (Å²) in [5.41, 5.74) is 10.3. The number of primary amides is 1. The quantitative estimate of drug-likeness (QED) is 0.206. The monoisotopic (exact) mass is 570 g/mol. The number of aromatic nitrogens is 6. The molecule has 2 amide bonds. The fourth-order valence-corrected chi connectivity index (χ4v) is 5.00. The number of nitrogens with zero attached hydrogens (tertiary/aromatic N) is 6. The van der Waals surface area contributed by atoms with E-state index in [0.717, 1.165) is 33.4 Å². The summed E-state index contributed by atoms with van der Waals surface area (Å²) >= 11 is 0. The van der Waals surface area contributed by atoms with Crippen molar-refractivity contribution >= 4 is 40.2 Å². The number of para-hydroxylation sites is 1. The van der Waals surface area contributed by atoms with E-state index in [0.29, 0.717) is 37.0 Å². The number of rotatable bonds is 9. The van der Waals surface area contributed by atoms with Crippen molar-refractivity contribution in [2.45, 2.75) is 26.4 Å². The Bertz CT molecular complexity index is 1770. The number of likely N-dealkylation sites (tertiary alicyclic amines) is 1. The van der Waals surface area contributed by atoms with Gasteiger partial charge in [-0.3, -0.25) is 19.2 Å². The van der Waals surface area contributed by atoms with Crippen LogP contribution in [0.1, 0.15) is 28.2 Å². The molecule has 1 fully saturated rings. The molecule has 0 spiro atoms. The number of aromatic amines is 1. The van der Waals surface area contributed by atoms with Gasteiger partial charge in [0.2, 0.25) is 17.6 Å². The van der Waals surface area contributed by atoms with Gasteiger partial charge in [0.05, 0.1) is 29.5 Å². The smallest absolute Gasteiger partial charge is 0.287 e. The first-order chi connectivity index (χ1) is 20.2. The molecule has 1 aromatic carbocycles. The van der Waals surface area contributed by atoms with Crippen molar-refractivity contribution < 1.29 is 18.8 Å². The topological polar surface area (TPSA) is 182 Å². The van der Waals surface area contributed by atoms with Gasteiger partial charge in [0, 0.05) is 55.2 Å². The van der Waals surface area contributed by atoms with Crippen molar-refractivity contribution in [2.24, 2.45) is 12.8 Å². The van der Waals surface area contributed by atoms with Gasteiger partial charge in [-0.05, 0) is 37.1 Å². The molecule has 0 radical (unpaired) electrons. The van der Waals surface area contributed by atoms with Crippen LogP contribution in [-0.4, -0.2) is 72.3 Å². The fraction of sp³-hybridized carbons (Fsp3) is 0.286. The van der Waals surface area contributed by atoms with E-state index in [1.807, 2.05) is 56.3 Å². The number of carbonyl (C=O) groups excluding carboxylic acids is 2. The number of H-pyrrole nitrogens is 1. The summed E-state index contributed by atoms with van der Waals surface area (Å²) < 4.78 is 12.4. The van der Waals surface area contributed by atoms with E-state index in [1.54, 1.807) is 10.9 Å². The zero-order valence-corrected chi connectivity index (χ0v) is 23.3. The minimum Gasteiger partial charge on any atom is -0.471 e. The van der Waals surface area contributed by atoms with Gasteiger partial charge >= 0.3 is 0 Å². The molecule has 1 atom stereocenters. The fourth-order valence-electron chi connectivity index (χ4n) is 5.00. The molecule has 6 rings (SSSR count). The van der Waals surface area contributed by atoms with E-state index in [9.17, 15) is 9.59 Å². The first-order valence-corrected chi connectivity index (χ1v) is 13.4. The molecule has 14 nitrogen and oxygen atoms in total. The zero-order valence-electron chi connectivity index (χ0n) is 23.3. The third-order valence-corrected chi connectivity index (χ3v) is 7.19. The van der Waals surface area contributed by atoms with Crippen LogP contribution in [0.4, 0.5) is 17.5 Å². The van der Waals surface area contributed by atoms with Crippen LogP contribution in [0.25, 0.3) is 22.2 Å². The maximum absolute atomic E-state index is 13.0. The van der Waals surface area contributed by atoms with Crippen molar-refractivity contribution in [2.75, 3.05) is 30.3 Å². The Labute approximate surface area is 240 Å². The van der Waals surface area contributed by atoms with Crippen molar-refractivity contribution in [3.63, 3.8) is 0 Å². The van der Waals surface area contributed by atoms with Gasteiger partial charge in [-0.25, -0.2) is 9.97 Å². The van der Waals surface area contributed by atoms with Crippen LogP contribution < -0.4 is 21.1 Å². The molecule has 5 aromatic rings. The van der Waals surface area contributed by atoms with E-state index in [2.05, 4.69) is 30.9 Å². The van der Waals surface area contributed by atoms with Crippen molar-refractivity contribution in [3.8, 4) is 17.1 Å². The summed E-state index contributed by atoms with van der Waals surface area (Å²) in [6, 6.07) is 9.05. The van der Waals surface area contributed by atoms with Gasteiger partial charge in [0.15, 0.2) is 5.82 Å². The molecular weight excluding hydrogens is 540 g/mol. The normalized spacial score (nSPS) is 15.3. The predicted molar refractivity (Wildman–Crippen MR) is 154 cm³/mol. The molecule has 5 N–H and O–H groups in total. The van der Waals surface area contributed by atoms with E-state index >= 15 is 0 Å². The average Bonchev–Trinajstić information content (AvgIpc) is 3.74. The summed E-state index contributed by atoms with van der Waals surface area (Å²) in [4.78, 5) is 38.7. The number of nitrogens with one attached hydrogen (secondary N) is 3. The first-order valence-electron chi connectivity index (χ1n) is 13.4. The lowest BCUT2D eigenvalue weighted by Gasteiger charge is -2.16. The number of hydrogen-bond acceptors (Lipinski definition) is 10. The highest BCUT2D eigenvalue weighted by Gasteiger charge is 2.27. The molecule has 1 aliphatic rings. The summed E-state index contributed by atoms with van der Waals surface area (Å²) in [7, 11) is 1.88. The molecule has 42 heavy (non-hydrogen) atoms. The van der Waals surface area contributed by atoms with E-state index < -0.39 is 5.91 Å². The van der Waals surface area contributed by atoms with Gasteiger partial charge in [-0.15, -0.1) is 0 Å². The number of ether oxygens (including phenoxy) is 1. The number of aryl methyl sites for hydroxylation is 3.